The lowest BCUT2D eigenvalue weighted by molar-refractivity contribution is -0.870. The number of rotatable bonds is 49. The number of ether oxygens (including phenoxy) is 2. The van der Waals surface area contributed by atoms with Crippen LogP contribution in [0.5, 0.6) is 0 Å². The van der Waals surface area contributed by atoms with Crippen LogP contribution >= 0.6 is 7.82 Å². The summed E-state index contributed by atoms with van der Waals surface area (Å²) in [5.41, 5.74) is 0. The number of unbranched alkanes of at least 4 members (excludes halogenated alkanes) is 33. The maximum atomic E-state index is 12.7. The maximum Gasteiger partial charge on any atom is 0.306 e. The summed E-state index contributed by atoms with van der Waals surface area (Å²) in [6, 6.07) is 0. The van der Waals surface area contributed by atoms with Crippen LogP contribution in [0.4, 0.5) is 0 Å². The lowest BCUT2D eigenvalue weighted by Gasteiger charge is -2.28. The zero-order valence-corrected chi connectivity index (χ0v) is 42.5. The minimum Gasteiger partial charge on any atom is -0.756 e. The highest BCUT2D eigenvalue weighted by Crippen LogP contribution is 2.38. The van der Waals surface area contributed by atoms with E-state index in [9.17, 15) is 19.0 Å². The van der Waals surface area contributed by atoms with Gasteiger partial charge in [0, 0.05) is 12.8 Å². The normalized spacial score (nSPS) is 13.5. The van der Waals surface area contributed by atoms with Gasteiger partial charge in [-0.15, -0.1) is 0 Å². The number of allylic oxidation sites excluding steroid dienone is 2. The Bertz CT molecular complexity index is 1060. The standard InChI is InChI=1S/C52H102NO8P/c1-6-8-10-12-14-16-18-20-22-24-25-26-27-29-30-32-34-36-38-40-42-44-51(54)58-48-50(49-60-62(56,57)59-47-46-53(3,4)5)61-52(55)45-43-41-39-37-35-33-31-28-23-21-19-17-15-13-11-9-7-2/h21,23,50H,6-20,22,24-49H2,1-5H3/b23-21-. The van der Waals surface area contributed by atoms with E-state index >= 15 is 0 Å². The van der Waals surface area contributed by atoms with E-state index in [4.69, 9.17) is 18.5 Å². The van der Waals surface area contributed by atoms with Gasteiger partial charge in [0.2, 0.25) is 0 Å². The lowest BCUT2D eigenvalue weighted by atomic mass is 10.0. The molecule has 2 unspecified atom stereocenters. The number of carbonyl (C=O) groups is 2. The Kier molecular flexibility index (Phi) is 44.0. The zero-order chi connectivity index (χ0) is 45.7. The van der Waals surface area contributed by atoms with E-state index in [1.165, 1.54) is 180 Å². The van der Waals surface area contributed by atoms with Gasteiger partial charge >= 0.3 is 11.9 Å². The molecule has 0 bridgehead atoms. The number of hydrogen-bond donors (Lipinski definition) is 0. The molecule has 10 heteroatoms. The lowest BCUT2D eigenvalue weighted by Crippen LogP contribution is -2.37. The summed E-state index contributed by atoms with van der Waals surface area (Å²) in [5.74, 6) is -0.823. The number of esters is 2. The van der Waals surface area contributed by atoms with Gasteiger partial charge in [0.15, 0.2) is 6.10 Å². The van der Waals surface area contributed by atoms with Crippen molar-refractivity contribution in [2.24, 2.45) is 0 Å². The molecule has 0 heterocycles. The van der Waals surface area contributed by atoms with E-state index in [-0.39, 0.29) is 32.0 Å². The van der Waals surface area contributed by atoms with Gasteiger partial charge in [-0.1, -0.05) is 219 Å². The first-order valence-corrected chi connectivity index (χ1v) is 27.9. The summed E-state index contributed by atoms with van der Waals surface area (Å²) in [6.07, 6.45) is 49.5. The monoisotopic (exact) mass is 900 g/mol. The van der Waals surface area contributed by atoms with Crippen LogP contribution < -0.4 is 4.89 Å². The highest BCUT2D eigenvalue weighted by atomic mass is 31.2. The van der Waals surface area contributed by atoms with Crippen LogP contribution in [0.3, 0.4) is 0 Å². The Morgan fingerprint density at radius 1 is 0.484 bits per heavy atom. The van der Waals surface area contributed by atoms with Crippen molar-refractivity contribution in [2.75, 3.05) is 47.5 Å². The first kappa shape index (κ1) is 60.8. The molecule has 0 aliphatic heterocycles. The second-order valence-electron chi connectivity index (χ2n) is 19.2. The quantitative estimate of drug-likeness (QED) is 0.0195. The molecule has 0 radical (unpaired) electrons. The number of phosphoric ester groups is 1. The summed E-state index contributed by atoms with van der Waals surface area (Å²) in [7, 11) is 1.18. The topological polar surface area (TPSA) is 111 Å². The second kappa shape index (κ2) is 44.9. The van der Waals surface area contributed by atoms with Gasteiger partial charge in [-0.2, -0.15) is 0 Å². The van der Waals surface area contributed by atoms with Crippen molar-refractivity contribution < 1.29 is 42.1 Å². The predicted molar refractivity (Wildman–Crippen MR) is 259 cm³/mol. The molecule has 2 atom stereocenters. The number of quaternary nitrogens is 1. The van der Waals surface area contributed by atoms with E-state index in [0.717, 1.165) is 44.9 Å². The van der Waals surface area contributed by atoms with Gasteiger partial charge < -0.3 is 27.9 Å². The third kappa shape index (κ3) is 48.2. The zero-order valence-electron chi connectivity index (χ0n) is 41.6. The number of likely N-dealkylation sites (N-methyl/N-ethyl adjacent to an activating group) is 1. The molecule has 62 heavy (non-hydrogen) atoms. The highest BCUT2D eigenvalue weighted by molar-refractivity contribution is 7.45. The number of phosphoric acid groups is 1. The molecule has 0 N–H and O–H groups in total. The molecule has 0 amide bonds. The summed E-state index contributed by atoms with van der Waals surface area (Å²) < 4.78 is 34.1. The molecule has 0 aromatic rings. The summed E-state index contributed by atoms with van der Waals surface area (Å²) >= 11 is 0. The molecule has 0 spiro atoms. The van der Waals surface area contributed by atoms with Crippen molar-refractivity contribution in [3.05, 3.63) is 12.2 Å². The summed E-state index contributed by atoms with van der Waals surface area (Å²) in [5, 5.41) is 0. The minimum atomic E-state index is -4.63. The molecule has 0 saturated heterocycles. The average molecular weight is 900 g/mol. The van der Waals surface area contributed by atoms with Crippen LogP contribution in [0.25, 0.3) is 0 Å². The molecule has 9 nitrogen and oxygen atoms in total. The fourth-order valence-corrected chi connectivity index (χ4v) is 8.38. The first-order chi connectivity index (χ1) is 30.0. The van der Waals surface area contributed by atoms with Crippen LogP contribution in [0.1, 0.15) is 258 Å². The maximum absolute atomic E-state index is 12.7. The van der Waals surface area contributed by atoms with E-state index in [1.54, 1.807) is 0 Å². The molecule has 0 fully saturated rings. The van der Waals surface area contributed by atoms with E-state index in [2.05, 4.69) is 26.0 Å². The molecule has 368 valence electrons. The van der Waals surface area contributed by atoms with E-state index in [1.807, 2.05) is 21.1 Å². The Morgan fingerprint density at radius 2 is 0.823 bits per heavy atom. The highest BCUT2D eigenvalue weighted by Gasteiger charge is 2.21. The Labute approximate surface area is 384 Å². The Morgan fingerprint density at radius 3 is 1.19 bits per heavy atom. The second-order valence-corrected chi connectivity index (χ2v) is 20.7. The summed E-state index contributed by atoms with van der Waals surface area (Å²) in [6.45, 7) is 4.27. The minimum absolute atomic E-state index is 0.0282. The predicted octanol–water partition coefficient (Wildman–Crippen LogP) is 15.1. The molecule has 0 aliphatic carbocycles. The molecule has 0 saturated carbocycles. The van der Waals surface area contributed by atoms with Gasteiger partial charge in [-0.3, -0.25) is 14.2 Å². The fourth-order valence-electron chi connectivity index (χ4n) is 7.65. The van der Waals surface area contributed by atoms with Crippen molar-refractivity contribution >= 4 is 19.8 Å². The number of hydrogen-bond acceptors (Lipinski definition) is 8. The molecular formula is C52H102NO8P. The van der Waals surface area contributed by atoms with Crippen LogP contribution in [0.2, 0.25) is 0 Å². The van der Waals surface area contributed by atoms with E-state index < -0.39 is 26.5 Å². The molecule has 0 rings (SSSR count). The van der Waals surface area contributed by atoms with Crippen LogP contribution in [-0.4, -0.2) is 70.0 Å². The third-order valence-electron chi connectivity index (χ3n) is 11.8. The number of nitrogens with zero attached hydrogens (tertiary/aromatic N) is 1. The van der Waals surface area contributed by atoms with Gasteiger partial charge in [0.25, 0.3) is 7.82 Å². The van der Waals surface area contributed by atoms with Gasteiger partial charge in [0.05, 0.1) is 27.7 Å². The van der Waals surface area contributed by atoms with Crippen molar-refractivity contribution in [1.29, 1.82) is 0 Å². The van der Waals surface area contributed by atoms with Crippen molar-refractivity contribution in [2.45, 2.75) is 264 Å². The third-order valence-corrected chi connectivity index (χ3v) is 12.7. The van der Waals surface area contributed by atoms with Crippen molar-refractivity contribution in [1.82, 2.24) is 0 Å². The molecule has 0 aromatic carbocycles. The van der Waals surface area contributed by atoms with Crippen LogP contribution in [0.15, 0.2) is 12.2 Å². The smallest absolute Gasteiger partial charge is 0.306 e. The van der Waals surface area contributed by atoms with Crippen molar-refractivity contribution in [3.8, 4) is 0 Å². The Balaban J connectivity index is 4.19. The van der Waals surface area contributed by atoms with Crippen molar-refractivity contribution in [3.63, 3.8) is 0 Å². The Hall–Kier alpha value is -1.25. The average Bonchev–Trinajstić information content (AvgIpc) is 3.23. The summed E-state index contributed by atoms with van der Waals surface area (Å²) in [4.78, 5) is 37.7. The first-order valence-electron chi connectivity index (χ1n) is 26.4. The van der Waals surface area contributed by atoms with Crippen LogP contribution in [0, 0.1) is 0 Å². The van der Waals surface area contributed by atoms with E-state index in [0.29, 0.717) is 17.4 Å². The van der Waals surface area contributed by atoms with Gasteiger partial charge in [-0.05, 0) is 38.5 Å². The molecule has 0 aliphatic rings. The molecule has 0 aromatic heterocycles. The molecular weight excluding hydrogens is 798 g/mol. The largest absolute Gasteiger partial charge is 0.756 e. The fraction of sp³-hybridized carbons (Fsp3) is 0.923. The van der Waals surface area contributed by atoms with Gasteiger partial charge in [0.1, 0.15) is 19.8 Å². The van der Waals surface area contributed by atoms with Gasteiger partial charge in [-0.25, -0.2) is 0 Å². The SMILES string of the molecule is CCCCCCCC/C=C\CCCCCCCCCC(=O)OC(COC(=O)CCCCCCCCCCCCCCCCCCCCCCC)COP(=O)([O-])OCC[N+](C)(C)C. The van der Waals surface area contributed by atoms with Crippen LogP contribution in [-0.2, 0) is 32.7 Å². The number of carbonyl (C=O) groups excluding carboxylic acids is 2.